The van der Waals surface area contributed by atoms with E-state index >= 15 is 0 Å². The van der Waals surface area contributed by atoms with Crippen molar-refractivity contribution in [3.05, 3.63) is 0 Å². The minimum Gasteiger partial charge on any atom is -0.746 e. The van der Waals surface area contributed by atoms with Crippen LogP contribution in [0.25, 0.3) is 0 Å². The molecule has 0 aliphatic rings. The van der Waals surface area contributed by atoms with Crippen molar-refractivity contribution < 1.29 is 18.1 Å². The highest BCUT2D eigenvalue weighted by Crippen LogP contribution is 2.07. The third-order valence-corrected chi connectivity index (χ3v) is 1.87. The van der Waals surface area contributed by atoms with Gasteiger partial charge in [0.15, 0.2) is 0 Å². The third-order valence-electron chi connectivity index (χ3n) is 1.01. The summed E-state index contributed by atoms with van der Waals surface area (Å²) in [5, 5.41) is 8.66. The van der Waals surface area contributed by atoms with Crippen LogP contribution in [0.4, 0.5) is 0 Å². The Bertz CT molecular complexity index is 182. The van der Waals surface area contributed by atoms with Gasteiger partial charge in [-0.05, 0) is 12.3 Å². The van der Waals surface area contributed by atoms with Crippen LogP contribution in [0.15, 0.2) is 0 Å². The molecule has 0 aromatic carbocycles. The van der Waals surface area contributed by atoms with Gasteiger partial charge in [0.05, 0.1) is 0 Å². The van der Waals surface area contributed by atoms with E-state index in [1.54, 1.807) is 13.8 Å². The Hall–Kier alpha value is -0.130. The van der Waals surface area contributed by atoms with E-state index in [9.17, 15) is 13.0 Å². The molecule has 1 N–H and O–H groups in total. The summed E-state index contributed by atoms with van der Waals surface area (Å²) in [4.78, 5) is 0. The van der Waals surface area contributed by atoms with Gasteiger partial charge < -0.3 is 9.66 Å². The second-order valence-electron chi connectivity index (χ2n) is 2.58. The molecule has 0 fully saturated rings. The maximum atomic E-state index is 10.1. The van der Waals surface area contributed by atoms with Gasteiger partial charge in [-0.25, -0.2) is 8.42 Å². The molecule has 0 bridgehead atoms. The summed E-state index contributed by atoms with van der Waals surface area (Å²) in [6.07, 6.45) is 0.00579. The van der Waals surface area contributed by atoms with Crippen molar-refractivity contribution in [3.63, 3.8) is 0 Å². The highest BCUT2D eigenvalue weighted by molar-refractivity contribution is 7.86. The van der Waals surface area contributed by atoms with E-state index in [0.29, 0.717) is 0 Å². The molecule has 0 saturated heterocycles. The Kier molecular flexibility index (Phi) is 3.27. The highest BCUT2D eigenvalue weighted by atomic mass is 32.2. The molecule has 1 atom stereocenters. The van der Waals surface area contributed by atoms with E-state index in [0.717, 1.165) is 0 Å². The van der Waals surface area contributed by atoms with Crippen LogP contribution in [0.2, 0.25) is 0 Å². The number of rotatable bonds is 3. The zero-order chi connectivity index (χ0) is 8.36. The molecule has 0 radical (unpaired) electrons. The predicted molar refractivity (Wildman–Crippen MR) is 35.2 cm³/mol. The standard InChI is InChI=1S/C5H12O4S/c1-4(2)3-5(6)10(7,8)9/h4-6H,3H2,1-2H3,(H,7,8,9)/p-1. The zero-order valence-corrected chi connectivity index (χ0v) is 6.76. The van der Waals surface area contributed by atoms with E-state index in [4.69, 9.17) is 5.11 Å². The maximum absolute atomic E-state index is 10.1. The number of aliphatic hydroxyl groups excluding tert-OH is 1. The maximum Gasteiger partial charge on any atom is 0.143 e. The first-order chi connectivity index (χ1) is 4.34. The van der Waals surface area contributed by atoms with E-state index in [2.05, 4.69) is 0 Å². The van der Waals surface area contributed by atoms with Crippen molar-refractivity contribution in [1.82, 2.24) is 0 Å². The van der Waals surface area contributed by atoms with Gasteiger partial charge >= 0.3 is 0 Å². The first kappa shape index (κ1) is 9.87. The van der Waals surface area contributed by atoms with Gasteiger partial charge in [0.2, 0.25) is 0 Å². The van der Waals surface area contributed by atoms with Gasteiger partial charge in [0.25, 0.3) is 0 Å². The summed E-state index contributed by atoms with van der Waals surface area (Å²) >= 11 is 0. The third kappa shape index (κ3) is 3.81. The van der Waals surface area contributed by atoms with Crippen LogP contribution < -0.4 is 0 Å². The van der Waals surface area contributed by atoms with Crippen LogP contribution in [0.5, 0.6) is 0 Å². The zero-order valence-electron chi connectivity index (χ0n) is 5.94. The first-order valence-corrected chi connectivity index (χ1v) is 4.44. The summed E-state index contributed by atoms with van der Waals surface area (Å²) in [5.41, 5.74) is -1.74. The minimum absolute atomic E-state index is 0.00579. The molecule has 0 aliphatic carbocycles. The lowest BCUT2D eigenvalue weighted by Gasteiger charge is -2.15. The molecular formula is C5H11O4S-. The molecule has 1 unspecified atom stereocenters. The van der Waals surface area contributed by atoms with Gasteiger partial charge in [-0.1, -0.05) is 13.8 Å². The largest absolute Gasteiger partial charge is 0.746 e. The Morgan fingerprint density at radius 3 is 2.00 bits per heavy atom. The quantitative estimate of drug-likeness (QED) is 0.595. The molecule has 0 rings (SSSR count). The van der Waals surface area contributed by atoms with E-state index in [1.807, 2.05) is 0 Å². The van der Waals surface area contributed by atoms with Crippen molar-refractivity contribution in [1.29, 1.82) is 0 Å². The Labute approximate surface area is 60.6 Å². The molecule has 0 saturated carbocycles. The molecule has 10 heavy (non-hydrogen) atoms. The van der Waals surface area contributed by atoms with Gasteiger partial charge in [0.1, 0.15) is 15.6 Å². The molecule has 0 aromatic heterocycles. The fourth-order valence-electron chi connectivity index (χ4n) is 0.521. The Morgan fingerprint density at radius 1 is 1.50 bits per heavy atom. The molecule has 0 heterocycles. The van der Waals surface area contributed by atoms with Gasteiger partial charge in [-0.15, -0.1) is 0 Å². The van der Waals surface area contributed by atoms with Gasteiger partial charge in [-0.2, -0.15) is 0 Å². The average Bonchev–Trinajstić information content (AvgIpc) is 1.60. The molecule has 0 spiro atoms. The lowest BCUT2D eigenvalue weighted by molar-refractivity contribution is 0.205. The Balaban J connectivity index is 3.99. The highest BCUT2D eigenvalue weighted by Gasteiger charge is 2.12. The molecule has 5 heteroatoms. The number of aliphatic hydroxyl groups is 1. The van der Waals surface area contributed by atoms with Crippen LogP contribution in [-0.2, 0) is 10.1 Å². The van der Waals surface area contributed by atoms with Crippen molar-refractivity contribution >= 4 is 10.1 Å². The van der Waals surface area contributed by atoms with Crippen LogP contribution >= 0.6 is 0 Å². The molecule has 0 amide bonds. The minimum atomic E-state index is -4.49. The molecule has 0 aromatic rings. The number of hydrogen-bond acceptors (Lipinski definition) is 4. The summed E-state index contributed by atoms with van der Waals surface area (Å²) in [6, 6.07) is 0. The lowest BCUT2D eigenvalue weighted by Crippen LogP contribution is -2.21. The molecular weight excluding hydrogens is 156 g/mol. The van der Waals surface area contributed by atoms with Gasteiger partial charge in [0, 0.05) is 0 Å². The molecule has 62 valence electrons. The van der Waals surface area contributed by atoms with Crippen LogP contribution in [0, 0.1) is 5.92 Å². The van der Waals surface area contributed by atoms with Crippen molar-refractivity contribution in [2.24, 2.45) is 5.92 Å². The monoisotopic (exact) mass is 167 g/mol. The Morgan fingerprint density at radius 2 is 1.90 bits per heavy atom. The second kappa shape index (κ2) is 3.32. The summed E-state index contributed by atoms with van der Waals surface area (Å²) in [7, 11) is -4.49. The molecule has 0 aliphatic heterocycles. The van der Waals surface area contributed by atoms with E-state index in [1.165, 1.54) is 0 Å². The van der Waals surface area contributed by atoms with E-state index in [-0.39, 0.29) is 12.3 Å². The lowest BCUT2D eigenvalue weighted by atomic mass is 10.1. The second-order valence-corrected chi connectivity index (χ2v) is 4.11. The van der Waals surface area contributed by atoms with E-state index < -0.39 is 15.6 Å². The number of hydrogen-bond donors (Lipinski definition) is 1. The van der Waals surface area contributed by atoms with Crippen LogP contribution in [0.1, 0.15) is 20.3 Å². The predicted octanol–water partition coefficient (Wildman–Crippen LogP) is -0.104. The normalized spacial score (nSPS) is 15.7. The smallest absolute Gasteiger partial charge is 0.143 e. The van der Waals surface area contributed by atoms with Crippen LogP contribution in [-0.4, -0.2) is 23.5 Å². The summed E-state index contributed by atoms with van der Waals surface area (Å²) in [5.74, 6) is 0.0127. The van der Waals surface area contributed by atoms with Gasteiger partial charge in [-0.3, -0.25) is 0 Å². The molecule has 4 nitrogen and oxygen atoms in total. The SMILES string of the molecule is CC(C)CC(O)S(=O)(=O)[O-]. The fourth-order valence-corrected chi connectivity index (χ4v) is 1.14. The van der Waals surface area contributed by atoms with Crippen molar-refractivity contribution in [2.45, 2.75) is 25.7 Å². The summed E-state index contributed by atoms with van der Waals surface area (Å²) < 4.78 is 30.2. The summed E-state index contributed by atoms with van der Waals surface area (Å²) in [6.45, 7) is 3.46. The fraction of sp³-hybridized carbons (Fsp3) is 1.00. The van der Waals surface area contributed by atoms with Crippen LogP contribution in [0.3, 0.4) is 0 Å². The van der Waals surface area contributed by atoms with Crippen molar-refractivity contribution in [3.8, 4) is 0 Å². The van der Waals surface area contributed by atoms with Crippen molar-refractivity contribution in [2.75, 3.05) is 0 Å². The first-order valence-electron chi connectivity index (χ1n) is 2.97. The topological polar surface area (TPSA) is 77.4 Å². The average molecular weight is 167 g/mol.